The molecule has 1 N–H and O–H groups in total. The average Bonchev–Trinajstić information content (AvgIpc) is 3.38. The maximum Gasteiger partial charge on any atom is 0.278 e. The molecule has 3 aromatic heterocycles. The highest BCUT2D eigenvalue weighted by molar-refractivity contribution is 7.15. The van der Waals surface area contributed by atoms with Gasteiger partial charge in [0, 0.05) is 41.7 Å². The van der Waals surface area contributed by atoms with E-state index < -0.39 is 0 Å². The van der Waals surface area contributed by atoms with E-state index in [0.717, 1.165) is 34.0 Å². The van der Waals surface area contributed by atoms with E-state index in [1.54, 1.807) is 23.2 Å². The van der Waals surface area contributed by atoms with E-state index in [2.05, 4.69) is 44.3 Å². The molecule has 176 valence electrons. The van der Waals surface area contributed by atoms with Crippen molar-refractivity contribution in [3.63, 3.8) is 0 Å². The van der Waals surface area contributed by atoms with Crippen molar-refractivity contribution < 1.29 is 9.53 Å². The second kappa shape index (κ2) is 7.51. The van der Waals surface area contributed by atoms with Crippen LogP contribution in [-0.2, 0) is 6.54 Å². The van der Waals surface area contributed by atoms with Gasteiger partial charge < -0.3 is 10.1 Å². The van der Waals surface area contributed by atoms with Crippen molar-refractivity contribution in [3.05, 3.63) is 40.3 Å². The van der Waals surface area contributed by atoms with Crippen LogP contribution in [0.2, 0.25) is 0 Å². The minimum atomic E-state index is -0.198. The van der Waals surface area contributed by atoms with Crippen LogP contribution < -0.4 is 15.0 Å². The quantitative estimate of drug-likeness (QED) is 0.607. The zero-order valence-corrected chi connectivity index (χ0v) is 20.6. The Hall–Kier alpha value is -2.98. The first-order chi connectivity index (χ1) is 16.2. The lowest BCUT2D eigenvalue weighted by Gasteiger charge is -2.41. The van der Waals surface area contributed by atoms with Gasteiger partial charge in [0.1, 0.15) is 11.8 Å². The van der Waals surface area contributed by atoms with E-state index in [1.165, 1.54) is 24.2 Å². The fraction of sp³-hybridized carbons (Fsp3) is 0.500. The number of amides is 1. The summed E-state index contributed by atoms with van der Waals surface area (Å²) < 4.78 is 6.21. The third kappa shape index (κ3) is 3.65. The molecule has 3 aliphatic rings. The van der Waals surface area contributed by atoms with Crippen molar-refractivity contribution in [2.75, 3.05) is 4.90 Å². The third-order valence-corrected chi connectivity index (χ3v) is 8.19. The van der Waals surface area contributed by atoms with Crippen molar-refractivity contribution in [1.82, 2.24) is 30.5 Å². The third-order valence-electron chi connectivity index (χ3n) is 7.13. The van der Waals surface area contributed by atoms with Crippen LogP contribution in [0.1, 0.15) is 66.3 Å². The predicted octanol–water partition coefficient (Wildman–Crippen LogP) is 3.61. The van der Waals surface area contributed by atoms with Gasteiger partial charge in [-0.2, -0.15) is 0 Å². The monoisotopic (exact) mass is 477 g/mol. The topological polar surface area (TPSA) is 106 Å². The molecule has 0 aromatic carbocycles. The van der Waals surface area contributed by atoms with Crippen LogP contribution in [0.15, 0.2) is 18.3 Å². The second-order valence-corrected chi connectivity index (χ2v) is 11.4. The van der Waals surface area contributed by atoms with Crippen LogP contribution in [-0.4, -0.2) is 48.2 Å². The van der Waals surface area contributed by atoms with Crippen LogP contribution in [0.4, 0.5) is 5.82 Å². The van der Waals surface area contributed by atoms with Gasteiger partial charge in [0.05, 0.1) is 22.1 Å². The summed E-state index contributed by atoms with van der Waals surface area (Å²) in [6.45, 7) is 8.78. The highest BCUT2D eigenvalue weighted by Gasteiger charge is 2.49. The van der Waals surface area contributed by atoms with Gasteiger partial charge in [-0.05, 0) is 46.6 Å². The molecule has 6 heterocycles. The fourth-order valence-corrected chi connectivity index (χ4v) is 6.53. The number of aromatic nitrogens is 5. The first kappa shape index (κ1) is 21.5. The van der Waals surface area contributed by atoms with Crippen LogP contribution in [0.25, 0.3) is 10.7 Å². The number of nitrogens with zero attached hydrogens (tertiary/aromatic N) is 6. The molecule has 10 heteroatoms. The van der Waals surface area contributed by atoms with Crippen LogP contribution in [0.5, 0.6) is 5.88 Å². The first-order valence-electron chi connectivity index (χ1n) is 11.6. The van der Waals surface area contributed by atoms with E-state index in [9.17, 15) is 4.79 Å². The molecule has 3 atom stereocenters. The smallest absolute Gasteiger partial charge is 0.278 e. The Labute approximate surface area is 202 Å². The number of hydrogen-bond acceptors (Lipinski definition) is 9. The van der Waals surface area contributed by atoms with Gasteiger partial charge in [0.25, 0.3) is 5.91 Å². The first-order valence-corrected chi connectivity index (χ1v) is 12.4. The SMILES string of the molecule is Cc1nc(C)c(-c2ncc3c(n2)C(=O)N(c2ccc(OC4C[C@]5(C)CC[C@](C)(C4)N5)nn2)C3)s1. The van der Waals surface area contributed by atoms with Crippen molar-refractivity contribution >= 4 is 23.1 Å². The van der Waals surface area contributed by atoms with Gasteiger partial charge in [0.2, 0.25) is 5.88 Å². The number of nitrogens with one attached hydrogen (secondary N) is 1. The van der Waals surface area contributed by atoms with Crippen LogP contribution >= 0.6 is 11.3 Å². The molecule has 34 heavy (non-hydrogen) atoms. The summed E-state index contributed by atoms with van der Waals surface area (Å²) >= 11 is 1.53. The van der Waals surface area contributed by atoms with Gasteiger partial charge in [-0.15, -0.1) is 21.5 Å². The molecule has 3 aliphatic heterocycles. The molecule has 1 unspecified atom stereocenters. The van der Waals surface area contributed by atoms with E-state index in [-0.39, 0.29) is 23.1 Å². The van der Waals surface area contributed by atoms with Gasteiger partial charge in [-0.25, -0.2) is 15.0 Å². The molecule has 2 bridgehead atoms. The normalized spacial score (nSPS) is 27.8. The van der Waals surface area contributed by atoms with Gasteiger partial charge in [-0.1, -0.05) is 0 Å². The van der Waals surface area contributed by atoms with Crippen LogP contribution in [0, 0.1) is 13.8 Å². The Morgan fingerprint density at radius 1 is 1.12 bits per heavy atom. The molecular formula is C24H27N7O2S. The summed E-state index contributed by atoms with van der Waals surface area (Å²) in [6.07, 6.45) is 6.06. The molecule has 9 nitrogen and oxygen atoms in total. The summed E-state index contributed by atoms with van der Waals surface area (Å²) in [6, 6.07) is 3.59. The summed E-state index contributed by atoms with van der Waals surface area (Å²) in [5.41, 5.74) is 2.30. The molecule has 0 saturated carbocycles. The zero-order chi connectivity index (χ0) is 23.7. The molecule has 0 spiro atoms. The molecule has 2 saturated heterocycles. The number of aryl methyl sites for hydroxylation is 2. The van der Waals surface area contributed by atoms with Crippen molar-refractivity contribution in [2.45, 2.75) is 77.1 Å². The Kier molecular flexibility index (Phi) is 4.76. The minimum Gasteiger partial charge on any atom is -0.473 e. The number of thiazole rings is 1. The lowest BCUT2D eigenvalue weighted by Crippen LogP contribution is -2.56. The molecular weight excluding hydrogens is 450 g/mol. The molecule has 0 radical (unpaired) electrons. The fourth-order valence-electron chi connectivity index (χ4n) is 5.67. The minimum absolute atomic E-state index is 0.101. The van der Waals surface area contributed by atoms with Crippen LogP contribution in [0.3, 0.4) is 0 Å². The molecule has 2 fully saturated rings. The largest absolute Gasteiger partial charge is 0.473 e. The number of fused-ring (bicyclic) bond motifs is 3. The van der Waals surface area contributed by atoms with E-state index in [0.29, 0.717) is 29.8 Å². The number of carbonyl (C=O) groups excluding carboxylic acids is 1. The van der Waals surface area contributed by atoms with Gasteiger partial charge in [-0.3, -0.25) is 9.69 Å². The van der Waals surface area contributed by atoms with Gasteiger partial charge in [0.15, 0.2) is 11.6 Å². The van der Waals surface area contributed by atoms with Gasteiger partial charge >= 0.3 is 0 Å². The molecule has 6 rings (SSSR count). The number of ether oxygens (including phenoxy) is 1. The Morgan fingerprint density at radius 3 is 2.53 bits per heavy atom. The second-order valence-electron chi connectivity index (χ2n) is 10.2. The summed E-state index contributed by atoms with van der Waals surface area (Å²) in [7, 11) is 0. The predicted molar refractivity (Wildman–Crippen MR) is 128 cm³/mol. The molecule has 1 amide bonds. The number of piperidine rings is 1. The summed E-state index contributed by atoms with van der Waals surface area (Å²) in [5, 5.41) is 13.3. The highest BCUT2D eigenvalue weighted by Crippen LogP contribution is 2.43. The maximum atomic E-state index is 13.1. The van der Waals surface area contributed by atoms with E-state index in [1.807, 2.05) is 13.8 Å². The number of rotatable bonds is 4. The summed E-state index contributed by atoms with van der Waals surface area (Å²) in [4.78, 5) is 29.1. The molecule has 0 aliphatic carbocycles. The van der Waals surface area contributed by atoms with Crippen molar-refractivity contribution in [1.29, 1.82) is 0 Å². The standard InChI is InChI=1S/C24H27N7O2S/c1-13-20(34-14(2)26-13)21-25-11-15-12-31(22(32)19(15)27-21)17-5-6-18(29-28-17)33-16-9-23(3)7-8-24(4,10-16)30-23/h5-6,11,16,30H,7-10,12H2,1-4H3/t16?,23-,24+. The average molecular weight is 478 g/mol. The zero-order valence-electron chi connectivity index (χ0n) is 19.8. The number of anilines is 1. The maximum absolute atomic E-state index is 13.1. The molecule has 3 aromatic rings. The van der Waals surface area contributed by atoms with E-state index in [4.69, 9.17) is 4.74 Å². The number of carbonyl (C=O) groups is 1. The lowest BCUT2D eigenvalue weighted by molar-refractivity contribution is 0.0753. The Bertz CT molecular complexity index is 1270. The van der Waals surface area contributed by atoms with E-state index >= 15 is 0 Å². The van der Waals surface area contributed by atoms with Crippen molar-refractivity contribution in [2.24, 2.45) is 0 Å². The van der Waals surface area contributed by atoms with Crippen molar-refractivity contribution in [3.8, 4) is 16.6 Å². The highest BCUT2D eigenvalue weighted by atomic mass is 32.1. The Balaban J connectivity index is 1.18. The lowest BCUT2D eigenvalue weighted by atomic mass is 9.86. The summed E-state index contributed by atoms with van der Waals surface area (Å²) in [5.74, 6) is 1.30. The Morgan fingerprint density at radius 2 is 1.88 bits per heavy atom. The number of hydrogen-bond donors (Lipinski definition) is 1.